The number of rotatable bonds is 7. The fourth-order valence-electron chi connectivity index (χ4n) is 3.52. The second-order valence-electron chi connectivity index (χ2n) is 7.24. The quantitative estimate of drug-likeness (QED) is 0.768. The molecule has 0 radical (unpaired) electrons. The predicted octanol–water partition coefficient (Wildman–Crippen LogP) is 1.81. The highest BCUT2D eigenvalue weighted by Gasteiger charge is 2.20. The van der Waals surface area contributed by atoms with E-state index in [2.05, 4.69) is 32.7 Å². The van der Waals surface area contributed by atoms with Crippen molar-refractivity contribution in [2.24, 2.45) is 0 Å². The largest absolute Gasteiger partial charge is 0.355 e. The summed E-state index contributed by atoms with van der Waals surface area (Å²) in [4.78, 5) is 30.4. The third-order valence-corrected chi connectivity index (χ3v) is 5.23. The molecule has 3 rings (SSSR count). The summed E-state index contributed by atoms with van der Waals surface area (Å²) in [5.41, 5.74) is 2.83. The molecule has 2 heterocycles. The number of nitrogens with one attached hydrogen (secondary N) is 2. The number of aromatic nitrogens is 1. The first kappa shape index (κ1) is 20.0. The molecule has 0 atom stereocenters. The number of piperidine rings is 1. The van der Waals surface area contributed by atoms with Crippen LogP contribution in [0.3, 0.4) is 0 Å². The molecule has 1 fully saturated rings. The van der Waals surface area contributed by atoms with Gasteiger partial charge in [0.25, 0.3) is 5.91 Å². The van der Waals surface area contributed by atoms with Gasteiger partial charge in [0.2, 0.25) is 5.91 Å². The van der Waals surface area contributed by atoms with Gasteiger partial charge in [-0.3, -0.25) is 14.6 Å². The first-order chi connectivity index (χ1) is 13.6. The highest BCUT2D eigenvalue weighted by Crippen LogP contribution is 2.12. The number of nitrogens with zero attached hydrogens (tertiary/aromatic N) is 2. The molecule has 1 aromatic heterocycles. The SMILES string of the molecule is CNC(=O)c1ccc(CC(=O)NC2CCN(CCc3ccncc3)CC2)cc1. The lowest BCUT2D eigenvalue weighted by Gasteiger charge is -2.32. The van der Waals surface area contributed by atoms with Gasteiger partial charge < -0.3 is 15.5 Å². The van der Waals surface area contributed by atoms with E-state index in [0.717, 1.165) is 44.5 Å². The summed E-state index contributed by atoms with van der Waals surface area (Å²) in [5, 5.41) is 5.75. The molecule has 2 amide bonds. The highest BCUT2D eigenvalue weighted by atomic mass is 16.2. The maximum atomic E-state index is 12.3. The van der Waals surface area contributed by atoms with Crippen molar-refractivity contribution in [3.63, 3.8) is 0 Å². The molecular weight excluding hydrogens is 352 g/mol. The van der Waals surface area contributed by atoms with Gasteiger partial charge in [-0.25, -0.2) is 0 Å². The van der Waals surface area contributed by atoms with Gasteiger partial charge in [-0.1, -0.05) is 12.1 Å². The first-order valence-electron chi connectivity index (χ1n) is 9.85. The van der Waals surface area contributed by atoms with Crippen molar-refractivity contribution >= 4 is 11.8 Å². The van der Waals surface area contributed by atoms with E-state index >= 15 is 0 Å². The Morgan fingerprint density at radius 1 is 1.04 bits per heavy atom. The Balaban J connectivity index is 1.38. The van der Waals surface area contributed by atoms with Crippen molar-refractivity contribution in [1.29, 1.82) is 0 Å². The molecule has 1 aliphatic rings. The average Bonchev–Trinajstić information content (AvgIpc) is 2.74. The summed E-state index contributed by atoms with van der Waals surface area (Å²) >= 11 is 0. The Morgan fingerprint density at radius 2 is 1.71 bits per heavy atom. The van der Waals surface area contributed by atoms with Crippen LogP contribution in [0.2, 0.25) is 0 Å². The Hall–Kier alpha value is -2.73. The molecule has 2 N–H and O–H groups in total. The number of hydrogen-bond acceptors (Lipinski definition) is 4. The van der Waals surface area contributed by atoms with Crippen LogP contribution in [0.5, 0.6) is 0 Å². The van der Waals surface area contributed by atoms with E-state index in [0.29, 0.717) is 12.0 Å². The fraction of sp³-hybridized carbons (Fsp3) is 0.409. The molecule has 28 heavy (non-hydrogen) atoms. The van der Waals surface area contributed by atoms with E-state index in [4.69, 9.17) is 0 Å². The molecule has 0 bridgehead atoms. The van der Waals surface area contributed by atoms with E-state index in [-0.39, 0.29) is 17.9 Å². The Bertz CT molecular complexity index is 769. The molecule has 1 aromatic carbocycles. The zero-order valence-corrected chi connectivity index (χ0v) is 16.4. The Kier molecular flexibility index (Phi) is 7.14. The molecule has 0 aliphatic carbocycles. The van der Waals surface area contributed by atoms with Gasteiger partial charge in [0.1, 0.15) is 0 Å². The topological polar surface area (TPSA) is 74.3 Å². The van der Waals surface area contributed by atoms with E-state index in [1.807, 2.05) is 24.5 Å². The summed E-state index contributed by atoms with van der Waals surface area (Å²) in [6.07, 6.45) is 7.02. The summed E-state index contributed by atoms with van der Waals surface area (Å²) in [6, 6.07) is 11.6. The van der Waals surface area contributed by atoms with Crippen molar-refractivity contribution in [1.82, 2.24) is 20.5 Å². The number of benzene rings is 1. The molecule has 6 nitrogen and oxygen atoms in total. The minimum absolute atomic E-state index is 0.0444. The third-order valence-electron chi connectivity index (χ3n) is 5.23. The minimum atomic E-state index is -0.119. The third kappa shape index (κ3) is 5.89. The van der Waals surface area contributed by atoms with Gasteiger partial charge in [-0.15, -0.1) is 0 Å². The second-order valence-corrected chi connectivity index (χ2v) is 7.24. The molecule has 2 aromatic rings. The smallest absolute Gasteiger partial charge is 0.251 e. The molecule has 1 saturated heterocycles. The standard InChI is InChI=1S/C22H28N4O2/c1-23-22(28)19-4-2-18(3-5-19)16-21(27)25-20-9-14-26(15-10-20)13-8-17-6-11-24-12-7-17/h2-7,11-12,20H,8-10,13-16H2,1H3,(H,23,28)(H,25,27). The van der Waals surface area contributed by atoms with E-state index in [1.165, 1.54) is 5.56 Å². The van der Waals surface area contributed by atoms with E-state index in [9.17, 15) is 9.59 Å². The van der Waals surface area contributed by atoms with Gasteiger partial charge in [-0.2, -0.15) is 0 Å². The molecule has 6 heteroatoms. The predicted molar refractivity (Wildman–Crippen MR) is 109 cm³/mol. The summed E-state index contributed by atoms with van der Waals surface area (Å²) in [5.74, 6) is -0.0744. The zero-order valence-electron chi connectivity index (χ0n) is 16.4. The maximum Gasteiger partial charge on any atom is 0.251 e. The minimum Gasteiger partial charge on any atom is -0.355 e. The van der Waals surface area contributed by atoms with Crippen molar-refractivity contribution < 1.29 is 9.59 Å². The molecule has 148 valence electrons. The second kappa shape index (κ2) is 9.99. The summed E-state index contributed by atoms with van der Waals surface area (Å²) in [7, 11) is 1.61. The average molecular weight is 380 g/mol. The normalized spacial score (nSPS) is 15.2. The fourth-order valence-corrected chi connectivity index (χ4v) is 3.52. The van der Waals surface area contributed by atoms with E-state index < -0.39 is 0 Å². The Labute approximate surface area is 166 Å². The number of hydrogen-bond donors (Lipinski definition) is 2. The maximum absolute atomic E-state index is 12.3. The van der Waals surface area contributed by atoms with E-state index in [1.54, 1.807) is 19.2 Å². The lowest BCUT2D eigenvalue weighted by Crippen LogP contribution is -2.45. The number of carbonyl (C=O) groups is 2. The van der Waals surface area contributed by atoms with Crippen LogP contribution < -0.4 is 10.6 Å². The van der Waals surface area contributed by atoms with Gasteiger partial charge >= 0.3 is 0 Å². The lowest BCUT2D eigenvalue weighted by molar-refractivity contribution is -0.121. The van der Waals surface area contributed by atoms with Crippen LogP contribution in [0.4, 0.5) is 0 Å². The van der Waals surface area contributed by atoms with Crippen LogP contribution in [0.15, 0.2) is 48.8 Å². The van der Waals surface area contributed by atoms with Crippen molar-refractivity contribution in [2.75, 3.05) is 26.7 Å². The van der Waals surface area contributed by atoms with Gasteiger partial charge in [0.15, 0.2) is 0 Å². The van der Waals surface area contributed by atoms with Crippen molar-refractivity contribution in [2.45, 2.75) is 31.7 Å². The lowest BCUT2D eigenvalue weighted by atomic mass is 10.0. The van der Waals surface area contributed by atoms with Crippen LogP contribution in [0.25, 0.3) is 0 Å². The van der Waals surface area contributed by atoms with Crippen molar-refractivity contribution in [3.8, 4) is 0 Å². The van der Waals surface area contributed by atoms with Crippen molar-refractivity contribution in [3.05, 3.63) is 65.5 Å². The number of pyridine rings is 1. The molecule has 0 saturated carbocycles. The molecule has 0 unspecified atom stereocenters. The number of carbonyl (C=O) groups excluding carboxylic acids is 2. The summed E-state index contributed by atoms with van der Waals surface area (Å²) in [6.45, 7) is 3.07. The Morgan fingerprint density at radius 3 is 2.36 bits per heavy atom. The van der Waals surface area contributed by atoms with Crippen LogP contribution in [0.1, 0.15) is 34.3 Å². The first-order valence-corrected chi connectivity index (χ1v) is 9.85. The monoisotopic (exact) mass is 380 g/mol. The van der Waals surface area contributed by atoms with Gasteiger partial charge in [0, 0.05) is 50.7 Å². The van der Waals surface area contributed by atoms with Crippen LogP contribution in [-0.2, 0) is 17.6 Å². The summed E-state index contributed by atoms with van der Waals surface area (Å²) < 4.78 is 0. The van der Waals surface area contributed by atoms with Crippen LogP contribution >= 0.6 is 0 Å². The molecule has 0 spiro atoms. The number of amides is 2. The van der Waals surface area contributed by atoms with Gasteiger partial charge in [0.05, 0.1) is 6.42 Å². The van der Waals surface area contributed by atoms with Gasteiger partial charge in [-0.05, 0) is 54.7 Å². The molecular formula is C22H28N4O2. The molecule has 1 aliphatic heterocycles. The zero-order chi connectivity index (χ0) is 19.8. The number of likely N-dealkylation sites (tertiary alicyclic amines) is 1. The highest BCUT2D eigenvalue weighted by molar-refractivity contribution is 5.94. The van der Waals surface area contributed by atoms with Crippen LogP contribution in [0, 0.1) is 0 Å². The van der Waals surface area contributed by atoms with Crippen LogP contribution in [-0.4, -0.2) is 54.4 Å².